The third-order valence-corrected chi connectivity index (χ3v) is 2.76. The zero-order chi connectivity index (χ0) is 12.3. The number of benzene rings is 1. The van der Waals surface area contributed by atoms with Crippen molar-refractivity contribution in [3.05, 3.63) is 29.0 Å². The van der Waals surface area contributed by atoms with Crippen LogP contribution in [0.4, 0.5) is 10.1 Å². The van der Waals surface area contributed by atoms with Gasteiger partial charge in [-0.1, -0.05) is 11.6 Å². The van der Waals surface area contributed by atoms with E-state index in [1.54, 1.807) is 19.9 Å². The highest BCUT2D eigenvalue weighted by atomic mass is 35.5. The second-order valence-electron chi connectivity index (χ2n) is 3.69. The Morgan fingerprint density at radius 2 is 2.12 bits per heavy atom. The first-order valence-electron chi connectivity index (χ1n) is 4.86. The number of anilines is 1. The van der Waals surface area contributed by atoms with Crippen LogP contribution in [0.1, 0.15) is 13.8 Å². The predicted octanol–water partition coefficient (Wildman–Crippen LogP) is 3.00. The van der Waals surface area contributed by atoms with Crippen molar-refractivity contribution < 1.29 is 14.3 Å². The van der Waals surface area contributed by atoms with Crippen LogP contribution >= 0.6 is 11.6 Å². The molecule has 0 radical (unpaired) electrons. The summed E-state index contributed by atoms with van der Waals surface area (Å²) in [5, 5.41) is 11.8. The van der Waals surface area contributed by atoms with Crippen LogP contribution in [0.5, 0.6) is 0 Å². The molecule has 88 valence electrons. The van der Waals surface area contributed by atoms with Gasteiger partial charge in [0, 0.05) is 11.7 Å². The Balaban J connectivity index is 2.73. The molecule has 2 N–H and O–H groups in total. The van der Waals surface area contributed by atoms with E-state index in [1.807, 2.05) is 0 Å². The van der Waals surface area contributed by atoms with Gasteiger partial charge in [-0.25, -0.2) is 4.39 Å². The summed E-state index contributed by atoms with van der Waals surface area (Å²) in [6, 6.07) is 3.99. The third-order valence-electron chi connectivity index (χ3n) is 2.45. The summed E-state index contributed by atoms with van der Waals surface area (Å²) in [4.78, 5) is 10.7. The molecule has 16 heavy (non-hydrogen) atoms. The fourth-order valence-electron chi connectivity index (χ4n) is 1.19. The molecule has 2 atom stereocenters. The minimum atomic E-state index is -0.894. The van der Waals surface area contributed by atoms with Crippen LogP contribution in [0.3, 0.4) is 0 Å². The van der Waals surface area contributed by atoms with Crippen molar-refractivity contribution in [2.24, 2.45) is 5.92 Å². The molecule has 0 aliphatic heterocycles. The summed E-state index contributed by atoms with van der Waals surface area (Å²) in [6.45, 7) is 3.32. The van der Waals surface area contributed by atoms with Crippen molar-refractivity contribution in [2.45, 2.75) is 19.9 Å². The lowest BCUT2D eigenvalue weighted by atomic mass is 10.0. The van der Waals surface area contributed by atoms with Crippen molar-refractivity contribution >= 4 is 23.3 Å². The number of hydrogen-bond acceptors (Lipinski definition) is 2. The smallest absolute Gasteiger partial charge is 0.308 e. The molecule has 0 heterocycles. The Bertz CT molecular complexity index is 398. The lowest BCUT2D eigenvalue weighted by molar-refractivity contribution is -0.141. The summed E-state index contributed by atoms with van der Waals surface area (Å²) in [6.07, 6.45) is 0. The number of halogens is 2. The van der Waals surface area contributed by atoms with Crippen LogP contribution < -0.4 is 5.32 Å². The van der Waals surface area contributed by atoms with Gasteiger partial charge in [0.25, 0.3) is 0 Å². The van der Waals surface area contributed by atoms with Gasteiger partial charge < -0.3 is 10.4 Å². The molecule has 0 bridgehead atoms. The highest BCUT2D eigenvalue weighted by Crippen LogP contribution is 2.20. The van der Waals surface area contributed by atoms with Crippen LogP contribution in [-0.4, -0.2) is 17.1 Å². The molecule has 0 saturated heterocycles. The lowest BCUT2D eigenvalue weighted by Gasteiger charge is -2.19. The molecule has 0 aliphatic rings. The largest absolute Gasteiger partial charge is 0.481 e. The topological polar surface area (TPSA) is 49.3 Å². The summed E-state index contributed by atoms with van der Waals surface area (Å²) in [5.41, 5.74) is 0.516. The molecule has 5 heteroatoms. The zero-order valence-electron chi connectivity index (χ0n) is 9.00. The normalized spacial score (nSPS) is 14.2. The zero-order valence-corrected chi connectivity index (χ0v) is 9.75. The number of rotatable bonds is 4. The second-order valence-corrected chi connectivity index (χ2v) is 4.10. The predicted molar refractivity (Wildman–Crippen MR) is 61.3 cm³/mol. The van der Waals surface area contributed by atoms with E-state index in [2.05, 4.69) is 5.32 Å². The first kappa shape index (κ1) is 12.8. The van der Waals surface area contributed by atoms with Crippen molar-refractivity contribution in [3.63, 3.8) is 0 Å². The van der Waals surface area contributed by atoms with E-state index in [0.717, 1.165) is 0 Å². The first-order valence-corrected chi connectivity index (χ1v) is 5.24. The van der Waals surface area contributed by atoms with Gasteiger partial charge in [0.2, 0.25) is 0 Å². The van der Waals surface area contributed by atoms with Crippen molar-refractivity contribution in [1.82, 2.24) is 0 Å². The van der Waals surface area contributed by atoms with Gasteiger partial charge in [-0.3, -0.25) is 4.79 Å². The first-order chi connectivity index (χ1) is 7.41. The molecule has 3 nitrogen and oxygen atoms in total. The number of carboxylic acid groups (broad SMARTS) is 1. The van der Waals surface area contributed by atoms with Crippen LogP contribution in [0.25, 0.3) is 0 Å². The number of carboxylic acids is 1. The van der Waals surface area contributed by atoms with Gasteiger partial charge in [-0.15, -0.1) is 0 Å². The Morgan fingerprint density at radius 1 is 1.50 bits per heavy atom. The monoisotopic (exact) mass is 245 g/mol. The molecular weight excluding hydrogens is 233 g/mol. The summed E-state index contributed by atoms with van der Waals surface area (Å²) >= 11 is 5.53. The van der Waals surface area contributed by atoms with Crippen molar-refractivity contribution in [3.8, 4) is 0 Å². The van der Waals surface area contributed by atoms with E-state index in [9.17, 15) is 9.18 Å². The van der Waals surface area contributed by atoms with Crippen molar-refractivity contribution in [1.29, 1.82) is 0 Å². The maximum Gasteiger partial charge on any atom is 0.308 e. The van der Waals surface area contributed by atoms with Gasteiger partial charge in [0.1, 0.15) is 5.82 Å². The number of aliphatic carboxylic acids is 1. The average Bonchev–Trinajstić information content (AvgIpc) is 2.22. The van der Waals surface area contributed by atoms with E-state index >= 15 is 0 Å². The lowest BCUT2D eigenvalue weighted by Crippen LogP contribution is -2.29. The van der Waals surface area contributed by atoms with E-state index < -0.39 is 17.7 Å². The molecule has 1 aromatic rings. The Hall–Kier alpha value is -1.29. The standard InChI is InChI=1S/C11H13ClFNO2/c1-6(11(15)16)7(2)14-8-3-4-9(12)10(13)5-8/h3-7,14H,1-2H3,(H,15,16). The Morgan fingerprint density at radius 3 is 2.62 bits per heavy atom. The minimum absolute atomic E-state index is 0.0458. The van der Waals surface area contributed by atoms with Gasteiger partial charge in [0.05, 0.1) is 10.9 Å². The maximum absolute atomic E-state index is 13.1. The van der Waals surface area contributed by atoms with E-state index in [4.69, 9.17) is 16.7 Å². The number of hydrogen-bond donors (Lipinski definition) is 2. The highest BCUT2D eigenvalue weighted by Gasteiger charge is 2.19. The molecule has 1 rings (SSSR count). The molecule has 0 amide bonds. The molecule has 0 saturated carbocycles. The van der Waals surface area contributed by atoms with Crippen LogP contribution in [-0.2, 0) is 4.79 Å². The van der Waals surface area contributed by atoms with Gasteiger partial charge >= 0.3 is 5.97 Å². The number of carbonyl (C=O) groups is 1. The fraction of sp³-hybridized carbons (Fsp3) is 0.364. The SMILES string of the molecule is CC(Nc1ccc(Cl)c(F)c1)C(C)C(=O)O. The second kappa shape index (κ2) is 5.16. The summed E-state index contributed by atoms with van der Waals surface area (Å²) in [5.74, 6) is -1.98. The molecule has 2 unspecified atom stereocenters. The minimum Gasteiger partial charge on any atom is -0.481 e. The fourth-order valence-corrected chi connectivity index (χ4v) is 1.31. The quantitative estimate of drug-likeness (QED) is 0.857. The molecule has 1 aromatic carbocycles. The molecule has 0 fully saturated rings. The maximum atomic E-state index is 13.1. The Labute approximate surface area is 98.2 Å². The van der Waals surface area contributed by atoms with E-state index in [0.29, 0.717) is 5.69 Å². The average molecular weight is 246 g/mol. The molecular formula is C11H13ClFNO2. The van der Waals surface area contributed by atoms with Gasteiger partial charge in [-0.05, 0) is 32.0 Å². The highest BCUT2D eigenvalue weighted by molar-refractivity contribution is 6.30. The summed E-state index contributed by atoms with van der Waals surface area (Å²) in [7, 11) is 0. The third kappa shape index (κ3) is 3.10. The molecule has 0 aliphatic carbocycles. The van der Waals surface area contributed by atoms with Gasteiger partial charge in [0.15, 0.2) is 0 Å². The number of nitrogens with one attached hydrogen (secondary N) is 1. The van der Waals surface area contributed by atoms with Crippen LogP contribution in [0.2, 0.25) is 5.02 Å². The van der Waals surface area contributed by atoms with E-state index in [-0.39, 0.29) is 11.1 Å². The van der Waals surface area contributed by atoms with Crippen LogP contribution in [0.15, 0.2) is 18.2 Å². The van der Waals surface area contributed by atoms with E-state index in [1.165, 1.54) is 12.1 Å². The van der Waals surface area contributed by atoms with Crippen LogP contribution in [0, 0.1) is 11.7 Å². The molecule has 0 aromatic heterocycles. The van der Waals surface area contributed by atoms with Crippen molar-refractivity contribution in [2.75, 3.05) is 5.32 Å². The summed E-state index contributed by atoms with van der Waals surface area (Å²) < 4.78 is 13.1. The van der Waals surface area contributed by atoms with Gasteiger partial charge in [-0.2, -0.15) is 0 Å². The molecule has 0 spiro atoms. The Kier molecular flexibility index (Phi) is 4.12.